The van der Waals surface area contributed by atoms with Crippen molar-refractivity contribution in [3.05, 3.63) is 71.8 Å². The van der Waals surface area contributed by atoms with E-state index in [9.17, 15) is 9.59 Å². The number of methoxy groups -OCH3 is 1. The van der Waals surface area contributed by atoms with Gasteiger partial charge < -0.3 is 14.8 Å². The van der Waals surface area contributed by atoms with Gasteiger partial charge in [0.25, 0.3) is 0 Å². The molecular formula is C19H21NO4. The summed E-state index contributed by atoms with van der Waals surface area (Å²) in [5.74, 6) is -0.525. The van der Waals surface area contributed by atoms with E-state index in [1.807, 2.05) is 60.7 Å². The standard InChI is InChI=1S/C19H21NO4/c1-19(17(21)23-2,13-15-9-5-3-6-10-15)20-18(22)24-14-16-11-7-4-8-12-16/h3-12H,13-14H2,1-2H3,(H,20,22)/t19-/m1/s1. The normalized spacial score (nSPS) is 12.8. The van der Waals surface area contributed by atoms with Gasteiger partial charge in [-0.25, -0.2) is 9.59 Å². The number of ether oxygens (including phenoxy) is 2. The van der Waals surface area contributed by atoms with Gasteiger partial charge in [0.05, 0.1) is 7.11 Å². The maximum Gasteiger partial charge on any atom is 0.408 e. The highest BCUT2D eigenvalue weighted by molar-refractivity contribution is 5.85. The number of carbonyl (C=O) groups excluding carboxylic acids is 2. The van der Waals surface area contributed by atoms with Gasteiger partial charge in [-0.2, -0.15) is 0 Å². The highest BCUT2D eigenvalue weighted by Gasteiger charge is 2.36. The van der Waals surface area contributed by atoms with Crippen molar-refractivity contribution in [1.29, 1.82) is 0 Å². The Hall–Kier alpha value is -2.82. The minimum absolute atomic E-state index is 0.134. The molecule has 0 saturated carbocycles. The van der Waals surface area contributed by atoms with Gasteiger partial charge in [-0.05, 0) is 18.1 Å². The predicted octanol–water partition coefficient (Wildman–Crippen LogP) is 3.09. The maximum absolute atomic E-state index is 12.2. The van der Waals surface area contributed by atoms with Crippen LogP contribution in [-0.4, -0.2) is 24.7 Å². The van der Waals surface area contributed by atoms with Crippen LogP contribution < -0.4 is 5.32 Å². The number of carbonyl (C=O) groups is 2. The smallest absolute Gasteiger partial charge is 0.408 e. The first-order chi connectivity index (χ1) is 11.5. The lowest BCUT2D eigenvalue weighted by Gasteiger charge is -2.27. The van der Waals surface area contributed by atoms with Crippen molar-refractivity contribution in [2.24, 2.45) is 0 Å². The maximum atomic E-state index is 12.2. The van der Waals surface area contributed by atoms with Gasteiger partial charge in [0.15, 0.2) is 0 Å². The van der Waals surface area contributed by atoms with Crippen molar-refractivity contribution in [2.45, 2.75) is 25.5 Å². The Morgan fingerprint density at radius 1 is 0.958 bits per heavy atom. The lowest BCUT2D eigenvalue weighted by molar-refractivity contribution is -0.147. The molecule has 2 rings (SSSR count). The van der Waals surface area contributed by atoms with Crippen LogP contribution in [0.1, 0.15) is 18.1 Å². The minimum atomic E-state index is -1.20. The zero-order valence-electron chi connectivity index (χ0n) is 13.8. The fraction of sp³-hybridized carbons (Fsp3) is 0.263. The molecule has 0 radical (unpaired) electrons. The van der Waals surface area contributed by atoms with Gasteiger partial charge in [0.1, 0.15) is 12.1 Å². The van der Waals surface area contributed by atoms with Gasteiger partial charge in [0, 0.05) is 6.42 Å². The van der Waals surface area contributed by atoms with Crippen LogP contribution in [0.4, 0.5) is 4.79 Å². The molecular weight excluding hydrogens is 306 g/mol. The Morgan fingerprint density at radius 3 is 2.04 bits per heavy atom. The number of amides is 1. The van der Waals surface area contributed by atoms with Crippen LogP contribution in [0, 0.1) is 0 Å². The van der Waals surface area contributed by atoms with E-state index in [0.717, 1.165) is 11.1 Å². The Morgan fingerprint density at radius 2 is 1.50 bits per heavy atom. The topological polar surface area (TPSA) is 64.6 Å². The molecule has 0 heterocycles. The summed E-state index contributed by atoms with van der Waals surface area (Å²) in [6, 6.07) is 18.7. The highest BCUT2D eigenvalue weighted by atomic mass is 16.6. The molecule has 0 fully saturated rings. The number of esters is 1. The molecule has 0 unspecified atom stereocenters. The van der Waals surface area contributed by atoms with Gasteiger partial charge in [-0.3, -0.25) is 0 Å². The van der Waals surface area contributed by atoms with Crippen molar-refractivity contribution in [3.8, 4) is 0 Å². The lowest BCUT2D eigenvalue weighted by atomic mass is 9.93. The second-order valence-corrected chi connectivity index (χ2v) is 5.67. The number of benzene rings is 2. The first-order valence-electron chi connectivity index (χ1n) is 7.65. The molecule has 0 aliphatic heterocycles. The largest absolute Gasteiger partial charge is 0.467 e. The predicted molar refractivity (Wildman–Crippen MR) is 90.3 cm³/mol. The van der Waals surface area contributed by atoms with Gasteiger partial charge >= 0.3 is 12.1 Å². The number of alkyl carbamates (subject to hydrolysis) is 1. The molecule has 2 aromatic carbocycles. The number of nitrogens with one attached hydrogen (secondary N) is 1. The Kier molecular flexibility index (Phi) is 5.95. The van der Waals surface area contributed by atoms with E-state index in [-0.39, 0.29) is 6.61 Å². The SMILES string of the molecule is COC(=O)[C@@](C)(Cc1ccccc1)NC(=O)OCc1ccccc1. The summed E-state index contributed by atoms with van der Waals surface area (Å²) in [6.45, 7) is 1.75. The summed E-state index contributed by atoms with van der Waals surface area (Å²) in [7, 11) is 1.29. The molecule has 0 aromatic heterocycles. The summed E-state index contributed by atoms with van der Waals surface area (Å²) in [6.07, 6.45) is -0.358. The van der Waals surface area contributed by atoms with E-state index in [2.05, 4.69) is 5.32 Å². The third-order valence-corrected chi connectivity index (χ3v) is 3.63. The zero-order chi connectivity index (χ0) is 17.4. The van der Waals surface area contributed by atoms with Crippen molar-refractivity contribution >= 4 is 12.1 Å². The van der Waals surface area contributed by atoms with Crippen molar-refractivity contribution in [1.82, 2.24) is 5.32 Å². The van der Waals surface area contributed by atoms with Crippen LogP contribution in [0.3, 0.4) is 0 Å². The van der Waals surface area contributed by atoms with Crippen LogP contribution >= 0.6 is 0 Å². The van der Waals surface area contributed by atoms with E-state index in [0.29, 0.717) is 6.42 Å². The van der Waals surface area contributed by atoms with Crippen LogP contribution in [-0.2, 0) is 27.3 Å². The van der Waals surface area contributed by atoms with Crippen LogP contribution in [0.15, 0.2) is 60.7 Å². The molecule has 2 aromatic rings. The van der Waals surface area contributed by atoms with Crippen LogP contribution in [0.5, 0.6) is 0 Å². The van der Waals surface area contributed by atoms with Gasteiger partial charge in [-0.15, -0.1) is 0 Å². The number of hydrogen-bond acceptors (Lipinski definition) is 4. The van der Waals surface area contributed by atoms with Gasteiger partial charge in [0.2, 0.25) is 0 Å². The summed E-state index contributed by atoms with van der Waals surface area (Å²) in [5.41, 5.74) is 0.577. The molecule has 0 aliphatic carbocycles. The molecule has 0 spiro atoms. The molecule has 0 aliphatic rings. The summed E-state index contributed by atoms with van der Waals surface area (Å²) in [5, 5.41) is 2.63. The lowest BCUT2D eigenvalue weighted by Crippen LogP contribution is -2.54. The Labute approximate surface area is 141 Å². The molecule has 24 heavy (non-hydrogen) atoms. The van der Waals surface area contributed by atoms with E-state index in [1.54, 1.807) is 6.92 Å². The Bertz CT molecular complexity index is 672. The third kappa shape index (κ3) is 4.84. The quantitative estimate of drug-likeness (QED) is 0.828. The number of rotatable bonds is 6. The molecule has 5 heteroatoms. The minimum Gasteiger partial charge on any atom is -0.467 e. The van der Waals surface area contributed by atoms with E-state index < -0.39 is 17.6 Å². The second-order valence-electron chi connectivity index (χ2n) is 5.67. The fourth-order valence-corrected chi connectivity index (χ4v) is 2.38. The van der Waals surface area contributed by atoms with Crippen LogP contribution in [0.2, 0.25) is 0 Å². The summed E-state index contributed by atoms with van der Waals surface area (Å²) in [4.78, 5) is 24.3. The highest BCUT2D eigenvalue weighted by Crippen LogP contribution is 2.16. The molecule has 0 bridgehead atoms. The van der Waals surface area contributed by atoms with Crippen molar-refractivity contribution in [2.75, 3.05) is 7.11 Å². The average Bonchev–Trinajstić information content (AvgIpc) is 2.61. The molecule has 5 nitrogen and oxygen atoms in total. The van der Waals surface area contributed by atoms with Crippen molar-refractivity contribution < 1.29 is 19.1 Å². The number of hydrogen-bond donors (Lipinski definition) is 1. The first kappa shape index (κ1) is 17.5. The molecule has 1 atom stereocenters. The molecule has 126 valence electrons. The van der Waals surface area contributed by atoms with Gasteiger partial charge in [-0.1, -0.05) is 60.7 Å². The molecule has 1 amide bonds. The van der Waals surface area contributed by atoms with E-state index >= 15 is 0 Å². The fourth-order valence-electron chi connectivity index (χ4n) is 2.38. The summed E-state index contributed by atoms with van der Waals surface area (Å²) < 4.78 is 10.0. The van der Waals surface area contributed by atoms with Crippen LogP contribution in [0.25, 0.3) is 0 Å². The first-order valence-corrected chi connectivity index (χ1v) is 7.65. The van der Waals surface area contributed by atoms with E-state index in [1.165, 1.54) is 7.11 Å². The molecule has 0 saturated heterocycles. The van der Waals surface area contributed by atoms with E-state index in [4.69, 9.17) is 9.47 Å². The van der Waals surface area contributed by atoms with Crippen molar-refractivity contribution in [3.63, 3.8) is 0 Å². The summed E-state index contributed by atoms with van der Waals surface area (Å²) >= 11 is 0. The average molecular weight is 327 g/mol. The molecule has 1 N–H and O–H groups in total. The monoisotopic (exact) mass is 327 g/mol. The zero-order valence-corrected chi connectivity index (χ0v) is 13.8. The Balaban J connectivity index is 2.02. The third-order valence-electron chi connectivity index (χ3n) is 3.63. The second kappa shape index (κ2) is 8.15.